The van der Waals surface area contributed by atoms with Gasteiger partial charge in [-0.25, -0.2) is 5.84 Å². The number of fused-ring (bicyclic) bond motifs is 1. The van der Waals surface area contributed by atoms with Crippen LogP contribution in [-0.4, -0.2) is 24.4 Å². The van der Waals surface area contributed by atoms with Crippen LogP contribution in [0.2, 0.25) is 0 Å². The van der Waals surface area contributed by atoms with E-state index in [1.54, 1.807) is 11.8 Å². The van der Waals surface area contributed by atoms with Gasteiger partial charge in [0.05, 0.1) is 13.2 Å². The highest BCUT2D eigenvalue weighted by Gasteiger charge is 2.21. The maximum Gasteiger partial charge on any atom is 0.237 e. The Morgan fingerprint density at radius 3 is 2.70 bits per heavy atom. The van der Waals surface area contributed by atoms with Crippen molar-refractivity contribution in [3.63, 3.8) is 0 Å². The number of nitrogens with two attached hydrogens (primary N) is 1. The van der Waals surface area contributed by atoms with Crippen LogP contribution in [-0.2, 0) is 4.79 Å². The van der Waals surface area contributed by atoms with Gasteiger partial charge in [0.1, 0.15) is 0 Å². The Bertz CT molecular complexity index is 481. The number of benzene rings is 1. The normalized spacial score (nSPS) is 16.9. The number of rotatable bonds is 4. The van der Waals surface area contributed by atoms with Crippen molar-refractivity contribution in [2.75, 3.05) is 13.2 Å². The molecule has 0 spiro atoms. The van der Waals surface area contributed by atoms with Gasteiger partial charge in [-0.1, -0.05) is 13.8 Å². The van der Waals surface area contributed by atoms with Crippen molar-refractivity contribution in [3.8, 4) is 11.5 Å². The molecule has 1 aliphatic heterocycles. The first kappa shape index (κ1) is 15.0. The summed E-state index contributed by atoms with van der Waals surface area (Å²) in [6, 6.07) is 5.88. The molecule has 1 aromatic rings. The first-order valence-electron chi connectivity index (χ1n) is 6.68. The summed E-state index contributed by atoms with van der Waals surface area (Å²) in [7, 11) is 0. The number of nitrogens with one attached hydrogen (secondary N) is 1. The molecule has 0 saturated heterocycles. The summed E-state index contributed by atoms with van der Waals surface area (Å²) in [5.74, 6) is 6.41. The standard InChI is InChI=1S/C14H20N2O3S/c1-9(14(17)16-15)10(2)20-11-4-5-12-13(8-11)19-7-3-6-18-12/h4-5,8-10H,3,6-7,15H2,1-2H3,(H,16,17). The van der Waals surface area contributed by atoms with E-state index in [-0.39, 0.29) is 17.1 Å². The number of hydrazine groups is 1. The molecule has 1 heterocycles. The van der Waals surface area contributed by atoms with Crippen LogP contribution >= 0.6 is 11.8 Å². The first-order valence-corrected chi connectivity index (χ1v) is 7.56. The summed E-state index contributed by atoms with van der Waals surface area (Å²) < 4.78 is 11.3. The fourth-order valence-electron chi connectivity index (χ4n) is 1.88. The molecular weight excluding hydrogens is 276 g/mol. The zero-order chi connectivity index (χ0) is 14.5. The van der Waals surface area contributed by atoms with Crippen LogP contribution in [0.15, 0.2) is 23.1 Å². The van der Waals surface area contributed by atoms with E-state index in [1.807, 2.05) is 32.0 Å². The fraction of sp³-hybridized carbons (Fsp3) is 0.500. The molecule has 0 fully saturated rings. The van der Waals surface area contributed by atoms with Gasteiger partial charge in [0.2, 0.25) is 5.91 Å². The largest absolute Gasteiger partial charge is 0.490 e. The Morgan fingerprint density at radius 1 is 1.30 bits per heavy atom. The second-order valence-corrected chi connectivity index (χ2v) is 6.23. The summed E-state index contributed by atoms with van der Waals surface area (Å²) in [5, 5.41) is 0.114. The van der Waals surface area contributed by atoms with Gasteiger partial charge in [0.25, 0.3) is 0 Å². The Balaban J connectivity index is 2.06. The van der Waals surface area contributed by atoms with Crippen molar-refractivity contribution in [2.24, 2.45) is 11.8 Å². The zero-order valence-electron chi connectivity index (χ0n) is 11.7. The summed E-state index contributed by atoms with van der Waals surface area (Å²) in [6.07, 6.45) is 0.890. The van der Waals surface area contributed by atoms with Crippen LogP contribution in [0.3, 0.4) is 0 Å². The SMILES string of the molecule is CC(Sc1ccc2c(c1)OCCCO2)C(C)C(=O)NN. The van der Waals surface area contributed by atoms with Gasteiger partial charge in [-0.3, -0.25) is 10.2 Å². The summed E-state index contributed by atoms with van der Waals surface area (Å²) in [6.45, 7) is 5.22. The van der Waals surface area contributed by atoms with Crippen molar-refractivity contribution >= 4 is 17.7 Å². The van der Waals surface area contributed by atoms with Gasteiger partial charge in [-0.2, -0.15) is 0 Å². The van der Waals surface area contributed by atoms with Gasteiger partial charge < -0.3 is 9.47 Å². The summed E-state index contributed by atoms with van der Waals surface area (Å²) >= 11 is 1.62. The van der Waals surface area contributed by atoms with Crippen molar-refractivity contribution in [1.82, 2.24) is 5.43 Å². The average molecular weight is 296 g/mol. The Hall–Kier alpha value is -1.40. The molecule has 1 amide bonds. The van der Waals surface area contributed by atoms with E-state index >= 15 is 0 Å². The lowest BCUT2D eigenvalue weighted by Crippen LogP contribution is -2.38. The number of carbonyl (C=O) groups excluding carboxylic acids is 1. The molecule has 3 N–H and O–H groups in total. The van der Waals surface area contributed by atoms with Crippen LogP contribution in [0.1, 0.15) is 20.3 Å². The van der Waals surface area contributed by atoms with Gasteiger partial charge in [-0.15, -0.1) is 11.8 Å². The molecule has 2 atom stereocenters. The second-order valence-electron chi connectivity index (χ2n) is 4.78. The average Bonchev–Trinajstić information content (AvgIpc) is 2.70. The number of hydrogen-bond donors (Lipinski definition) is 2. The third-order valence-electron chi connectivity index (χ3n) is 3.30. The van der Waals surface area contributed by atoms with Crippen molar-refractivity contribution in [2.45, 2.75) is 30.4 Å². The molecule has 110 valence electrons. The van der Waals surface area contributed by atoms with E-state index in [9.17, 15) is 4.79 Å². The molecule has 0 saturated carbocycles. The molecule has 1 aliphatic rings. The highest BCUT2D eigenvalue weighted by Crippen LogP contribution is 2.36. The van der Waals surface area contributed by atoms with Crippen LogP contribution in [0.4, 0.5) is 0 Å². The minimum Gasteiger partial charge on any atom is -0.490 e. The van der Waals surface area contributed by atoms with Crippen molar-refractivity contribution in [3.05, 3.63) is 18.2 Å². The monoisotopic (exact) mass is 296 g/mol. The Morgan fingerprint density at radius 2 is 2.00 bits per heavy atom. The first-order chi connectivity index (χ1) is 9.61. The minimum absolute atomic E-state index is 0.114. The van der Waals surface area contributed by atoms with Gasteiger partial charge in [0.15, 0.2) is 11.5 Å². The molecule has 0 aliphatic carbocycles. The van der Waals surface area contributed by atoms with E-state index in [4.69, 9.17) is 15.3 Å². The molecule has 5 nitrogen and oxygen atoms in total. The number of thioether (sulfide) groups is 1. The van der Waals surface area contributed by atoms with Crippen LogP contribution in [0, 0.1) is 5.92 Å². The summed E-state index contributed by atoms with van der Waals surface area (Å²) in [5.41, 5.74) is 2.19. The van der Waals surface area contributed by atoms with Gasteiger partial charge >= 0.3 is 0 Å². The Kier molecular flexibility index (Phi) is 5.14. The lowest BCUT2D eigenvalue weighted by Gasteiger charge is -2.18. The fourth-order valence-corrected chi connectivity index (χ4v) is 2.96. The molecule has 0 radical (unpaired) electrons. The van der Waals surface area contributed by atoms with Crippen molar-refractivity contribution in [1.29, 1.82) is 0 Å². The number of hydrogen-bond acceptors (Lipinski definition) is 5. The zero-order valence-corrected chi connectivity index (χ0v) is 12.5. The molecule has 2 unspecified atom stereocenters. The highest BCUT2D eigenvalue weighted by molar-refractivity contribution is 8.00. The molecule has 0 aromatic heterocycles. The maximum absolute atomic E-state index is 11.5. The van der Waals surface area contributed by atoms with E-state index in [1.165, 1.54) is 0 Å². The van der Waals surface area contributed by atoms with Gasteiger partial charge in [-0.05, 0) is 18.2 Å². The number of carbonyl (C=O) groups is 1. The quantitative estimate of drug-likeness (QED) is 0.384. The highest BCUT2D eigenvalue weighted by atomic mass is 32.2. The number of ether oxygens (including phenoxy) is 2. The third-order valence-corrected chi connectivity index (χ3v) is 4.61. The Labute approximate surface area is 123 Å². The van der Waals surface area contributed by atoms with Crippen LogP contribution in [0.25, 0.3) is 0 Å². The van der Waals surface area contributed by atoms with Crippen LogP contribution in [0.5, 0.6) is 11.5 Å². The van der Waals surface area contributed by atoms with E-state index in [2.05, 4.69) is 5.43 Å². The molecule has 0 bridgehead atoms. The van der Waals surface area contributed by atoms with E-state index in [0.717, 1.165) is 22.8 Å². The molecule has 6 heteroatoms. The van der Waals surface area contributed by atoms with Crippen molar-refractivity contribution < 1.29 is 14.3 Å². The molecular formula is C14H20N2O3S. The van der Waals surface area contributed by atoms with Crippen LogP contribution < -0.4 is 20.7 Å². The maximum atomic E-state index is 11.5. The second kappa shape index (κ2) is 6.85. The lowest BCUT2D eigenvalue weighted by atomic mass is 10.1. The van der Waals surface area contributed by atoms with E-state index in [0.29, 0.717) is 13.2 Å². The van der Waals surface area contributed by atoms with Gasteiger partial charge in [0, 0.05) is 22.5 Å². The molecule has 1 aromatic carbocycles. The predicted molar refractivity (Wildman–Crippen MR) is 78.9 cm³/mol. The molecule has 20 heavy (non-hydrogen) atoms. The predicted octanol–water partition coefficient (Wildman–Crippen LogP) is 1.95. The number of amides is 1. The topological polar surface area (TPSA) is 73.6 Å². The smallest absolute Gasteiger partial charge is 0.237 e. The third kappa shape index (κ3) is 3.58. The summed E-state index contributed by atoms with van der Waals surface area (Å²) in [4.78, 5) is 12.6. The lowest BCUT2D eigenvalue weighted by molar-refractivity contribution is -0.124. The van der Waals surface area contributed by atoms with E-state index < -0.39 is 0 Å². The molecule has 2 rings (SSSR count). The minimum atomic E-state index is -0.166.